The van der Waals surface area contributed by atoms with Gasteiger partial charge < -0.3 is 29.0 Å². The van der Waals surface area contributed by atoms with Crippen LogP contribution in [0.3, 0.4) is 0 Å². The number of hydrogen-bond donors (Lipinski definition) is 4. The second kappa shape index (κ2) is 18.0. The largest absolute Gasteiger partial charge is 0.744 e. The molecule has 0 spiro atoms. The Hall–Kier alpha value is -7.80. The van der Waals surface area contributed by atoms with Crippen LogP contribution in [0.2, 0.25) is 0 Å². The molecule has 12 rings (SSSR count). The first kappa shape index (κ1) is 45.0. The zero-order valence-electron chi connectivity index (χ0n) is 35.7. The molecule has 0 saturated carbocycles. The van der Waals surface area contributed by atoms with Crippen molar-refractivity contribution in [2.75, 3.05) is 0 Å². The fraction of sp³-hybridized carbons (Fsp3) is 0. The molecule has 6 aromatic heterocycles. The zero-order chi connectivity index (χ0) is 46.6. The Balaban J connectivity index is 0.000000158. The third kappa shape index (κ3) is 9.81. The Kier molecular flexibility index (Phi) is 11.8. The van der Waals surface area contributed by atoms with Gasteiger partial charge in [0, 0.05) is 77.6 Å². The van der Waals surface area contributed by atoms with Gasteiger partial charge in [0.05, 0.1) is 55.3 Å². The summed E-state index contributed by atoms with van der Waals surface area (Å²) in [6.45, 7) is 0. The summed E-state index contributed by atoms with van der Waals surface area (Å²) >= 11 is 0. The summed E-state index contributed by atoms with van der Waals surface area (Å²) in [4.78, 5) is 32.1. The first-order valence-corrected chi connectivity index (χ1v) is 23.9. The topological polar surface area (TPSA) is 229 Å². The van der Waals surface area contributed by atoms with Gasteiger partial charge in [-0.05, 0) is 169 Å². The van der Waals surface area contributed by atoms with Gasteiger partial charge in [-0.2, -0.15) is 0 Å². The van der Waals surface area contributed by atoms with Crippen LogP contribution < -0.4 is 0 Å². The number of aromatic nitrogens is 8. The van der Waals surface area contributed by atoms with Crippen LogP contribution in [0.1, 0.15) is 45.6 Å². The second-order valence-electron chi connectivity index (χ2n) is 16.1. The van der Waals surface area contributed by atoms with E-state index < -0.39 is 20.2 Å². The zero-order valence-corrected chi connectivity index (χ0v) is 38.8. The van der Waals surface area contributed by atoms with Gasteiger partial charge in [-0.1, -0.05) is 24.3 Å². The number of rotatable bonds is 4. The normalized spacial score (nSPS) is 12.7. The van der Waals surface area contributed by atoms with Crippen molar-refractivity contribution in [3.05, 3.63) is 179 Å². The molecule has 14 nitrogen and oxygen atoms in total. The molecule has 10 heterocycles. The molecule has 69 heavy (non-hydrogen) atoms. The molecule has 0 unspecified atom stereocenters. The fourth-order valence-corrected chi connectivity index (χ4v) is 9.12. The minimum absolute atomic E-state index is 0. The number of nitrogens with zero attached hydrogens (tertiary/aromatic N) is 4. The maximum atomic E-state index is 11.4. The Morgan fingerprint density at radius 2 is 0.551 bits per heavy atom. The molecule has 8 aromatic rings. The summed E-state index contributed by atoms with van der Waals surface area (Å²) in [5, 5.41) is 0. The molecule has 0 fully saturated rings. The molecule has 2 aromatic carbocycles. The van der Waals surface area contributed by atoms with Crippen LogP contribution in [0.15, 0.2) is 143 Å². The summed E-state index contributed by atoms with van der Waals surface area (Å²) in [7, 11) is -9.07. The Morgan fingerprint density at radius 3 is 0.783 bits per heavy atom. The molecule has 16 bridgehead atoms. The van der Waals surface area contributed by atoms with E-state index in [4.69, 9.17) is 19.9 Å². The van der Waals surface area contributed by atoms with Gasteiger partial charge in [-0.15, -0.1) is 0 Å². The van der Waals surface area contributed by atoms with Crippen LogP contribution >= 0.6 is 0 Å². The monoisotopic (exact) mass is 1040 g/mol. The van der Waals surface area contributed by atoms with Crippen molar-refractivity contribution in [2.24, 2.45) is 0 Å². The predicted molar refractivity (Wildman–Crippen MR) is 265 cm³/mol. The quantitative estimate of drug-likeness (QED) is 0.0962. The molecule has 4 aliphatic heterocycles. The van der Waals surface area contributed by atoms with Gasteiger partial charge >= 0.3 is 0 Å². The van der Waals surface area contributed by atoms with E-state index in [9.17, 15) is 25.9 Å². The van der Waals surface area contributed by atoms with E-state index in [0.717, 1.165) is 78.0 Å². The molecule has 0 atom stereocenters. The van der Waals surface area contributed by atoms with Gasteiger partial charge in [0.15, 0.2) is 0 Å². The SMILES string of the molecule is O=S(=O)([O-])c1ccc(-c2c3nc(cc4ccc(cc5ccc(cc6nc2C=C6)[nH]5)[nH]4)C=C3)cc1.O=S(=O)([O-])c1ccc(-c2c3nc(cc4ccc(cc5ccc(cc6nc2C=C6)[nH]5)[nH]4)C=C3)cc1.[Ag]. The Morgan fingerprint density at radius 1 is 0.319 bits per heavy atom. The molecule has 0 saturated heterocycles. The molecule has 17 heteroatoms. The van der Waals surface area contributed by atoms with Crippen LogP contribution in [0.25, 0.3) is 115 Å². The van der Waals surface area contributed by atoms with Crippen molar-refractivity contribution < 1.29 is 48.3 Å². The first-order chi connectivity index (χ1) is 32.8. The number of H-pyrrole nitrogens is 4. The molecule has 4 N–H and O–H groups in total. The van der Waals surface area contributed by atoms with Crippen LogP contribution in [0.5, 0.6) is 0 Å². The van der Waals surface area contributed by atoms with Crippen LogP contribution in [0, 0.1) is 0 Å². The van der Waals surface area contributed by atoms with Crippen molar-refractivity contribution in [3.8, 4) is 22.3 Å². The summed E-state index contributed by atoms with van der Waals surface area (Å²) in [5.74, 6) is 0. The average Bonchev–Trinajstić information content (AvgIpc) is 4.16. The second-order valence-corrected chi connectivity index (χ2v) is 18.8. The maximum Gasteiger partial charge on any atom is 0.124 e. The van der Waals surface area contributed by atoms with Gasteiger partial charge in [0.1, 0.15) is 20.2 Å². The van der Waals surface area contributed by atoms with Crippen LogP contribution in [0.4, 0.5) is 0 Å². The van der Waals surface area contributed by atoms with Crippen molar-refractivity contribution in [3.63, 3.8) is 0 Å². The summed E-state index contributed by atoms with van der Waals surface area (Å²) in [6.07, 6.45) is 15.3. The predicted octanol–water partition coefficient (Wildman–Crippen LogP) is 10.5. The molecule has 343 valence electrons. The Bertz CT molecular complexity index is 3640. The number of nitrogens with one attached hydrogen (secondary N) is 4. The van der Waals surface area contributed by atoms with E-state index >= 15 is 0 Å². The molecular weight excluding hydrogens is 1000 g/mol. The molecular formula is C52H34AgN8O6S2-2. The van der Waals surface area contributed by atoms with Crippen LogP contribution in [-0.4, -0.2) is 65.8 Å². The standard InChI is InChI=1S/2C26H18N4O3S.Ag/c2*31-34(32,33)23-9-1-16(2-10-23)26-24-11-7-21(29-24)14-19-5-3-17(27-19)13-18-4-6-20(28-18)15-22-8-12-25(26)30-22;/h2*1-15,27-28H,(H,31,32,33);/p-2. The van der Waals surface area contributed by atoms with E-state index in [2.05, 4.69) is 19.9 Å². The van der Waals surface area contributed by atoms with E-state index in [1.165, 1.54) is 24.3 Å². The van der Waals surface area contributed by atoms with E-state index in [1.54, 1.807) is 24.3 Å². The molecule has 0 aliphatic carbocycles. The average molecular weight is 1040 g/mol. The van der Waals surface area contributed by atoms with Crippen molar-refractivity contribution in [1.82, 2.24) is 39.9 Å². The van der Waals surface area contributed by atoms with Crippen molar-refractivity contribution in [1.29, 1.82) is 0 Å². The van der Waals surface area contributed by atoms with E-state index in [0.29, 0.717) is 33.9 Å². The number of fused-ring (bicyclic) bond motifs is 16. The van der Waals surface area contributed by atoms with Gasteiger partial charge in [-0.3, -0.25) is 0 Å². The minimum atomic E-state index is -4.53. The molecule has 4 aliphatic rings. The van der Waals surface area contributed by atoms with Crippen molar-refractivity contribution in [2.45, 2.75) is 9.79 Å². The summed E-state index contributed by atoms with van der Waals surface area (Å²) < 4.78 is 68.3. The Labute approximate surface area is 409 Å². The van der Waals surface area contributed by atoms with Crippen molar-refractivity contribution >= 4 is 113 Å². The molecule has 1 radical (unpaired) electrons. The van der Waals surface area contributed by atoms with Crippen LogP contribution in [-0.2, 0) is 42.6 Å². The van der Waals surface area contributed by atoms with Gasteiger partial charge in [-0.25, -0.2) is 36.8 Å². The van der Waals surface area contributed by atoms with E-state index in [1.807, 2.05) is 134 Å². The van der Waals surface area contributed by atoms with Gasteiger partial charge in [0.25, 0.3) is 0 Å². The third-order valence-electron chi connectivity index (χ3n) is 11.3. The molecule has 0 amide bonds. The smallest absolute Gasteiger partial charge is 0.124 e. The van der Waals surface area contributed by atoms with Gasteiger partial charge in [0.2, 0.25) is 0 Å². The summed E-state index contributed by atoms with van der Waals surface area (Å²) in [6, 6.07) is 39.6. The minimum Gasteiger partial charge on any atom is -0.744 e. The summed E-state index contributed by atoms with van der Waals surface area (Å²) in [5.41, 5.74) is 16.3. The number of aromatic amines is 4. The van der Waals surface area contributed by atoms with E-state index in [-0.39, 0.29) is 32.2 Å². The number of hydrogen-bond acceptors (Lipinski definition) is 10. The number of benzene rings is 2. The maximum absolute atomic E-state index is 11.4. The third-order valence-corrected chi connectivity index (χ3v) is 13.0. The fourth-order valence-electron chi connectivity index (χ4n) is 8.18. The first-order valence-electron chi connectivity index (χ1n) is 21.1.